The maximum absolute atomic E-state index is 9.14. The van der Waals surface area contributed by atoms with Gasteiger partial charge in [0.15, 0.2) is 10.7 Å². The Hall–Kier alpha value is -2.42. The largest absolute Gasteiger partial charge is 0.485 e. The van der Waals surface area contributed by atoms with Crippen molar-refractivity contribution in [3.05, 3.63) is 35.2 Å². The van der Waals surface area contributed by atoms with Gasteiger partial charge in [-0.25, -0.2) is 9.97 Å². The molecule has 1 saturated heterocycles. The second-order valence-corrected chi connectivity index (χ2v) is 8.11. The number of thiazole rings is 1. The zero-order valence-electron chi connectivity index (χ0n) is 18.2. The lowest BCUT2D eigenvalue weighted by atomic mass is 10.2. The molecule has 2 aromatic heterocycles. The molecule has 0 radical (unpaired) electrons. The van der Waals surface area contributed by atoms with Gasteiger partial charge in [0, 0.05) is 36.3 Å². The maximum Gasteiger partial charge on any atom is 0.220 e. The summed E-state index contributed by atoms with van der Waals surface area (Å²) in [5.74, 6) is 1.02. The molecule has 0 aliphatic carbocycles. The summed E-state index contributed by atoms with van der Waals surface area (Å²) in [4.78, 5) is 12.5. The molecule has 0 atom stereocenters. The van der Waals surface area contributed by atoms with Crippen LogP contribution in [0.3, 0.4) is 0 Å². The highest BCUT2D eigenvalue weighted by Crippen LogP contribution is 2.27. The summed E-state index contributed by atoms with van der Waals surface area (Å²) >= 11 is 1.68. The fourth-order valence-electron chi connectivity index (χ4n) is 3.31. The van der Waals surface area contributed by atoms with Crippen LogP contribution in [0, 0.1) is 0 Å². The van der Waals surface area contributed by atoms with Gasteiger partial charge in [-0.3, -0.25) is 0 Å². The summed E-state index contributed by atoms with van der Waals surface area (Å²) in [6, 6.07) is 5.25. The highest BCUT2D eigenvalue weighted by atomic mass is 32.1. The minimum absolute atomic E-state index is 0.257. The average molecular weight is 446 g/mol. The highest BCUT2D eigenvalue weighted by Gasteiger charge is 2.13. The topological polar surface area (TPSA) is 91.8 Å². The fourth-order valence-corrected chi connectivity index (χ4v) is 4.18. The Morgan fingerprint density at radius 3 is 2.58 bits per heavy atom. The fraction of sp³-hybridized carbons (Fsp3) is 0.478. The minimum atomic E-state index is -0.653. The third kappa shape index (κ3) is 6.29. The van der Waals surface area contributed by atoms with E-state index in [0.717, 1.165) is 28.6 Å². The predicted octanol–water partition coefficient (Wildman–Crippen LogP) is 4.59. The minimum Gasteiger partial charge on any atom is -0.485 e. The van der Waals surface area contributed by atoms with Crippen molar-refractivity contribution in [3.63, 3.8) is 0 Å². The molecule has 3 aromatic rings. The summed E-state index contributed by atoms with van der Waals surface area (Å²) in [6.07, 6.45) is 10.1. The molecular weight excluding hydrogens is 414 g/mol. The van der Waals surface area contributed by atoms with E-state index in [2.05, 4.69) is 14.9 Å². The molecule has 1 aromatic carbocycles. The van der Waals surface area contributed by atoms with Crippen molar-refractivity contribution < 1.29 is 19.4 Å². The summed E-state index contributed by atoms with van der Waals surface area (Å²) in [6.45, 7) is 5.65. The molecule has 3 heterocycles. The number of hydrogen-bond acceptors (Lipinski definition) is 8. The molecular formula is C23H31N3O4S. The quantitative estimate of drug-likeness (QED) is 0.549. The van der Waals surface area contributed by atoms with E-state index in [0.29, 0.717) is 17.2 Å². The monoisotopic (exact) mass is 445 g/mol. The maximum atomic E-state index is 9.14. The van der Waals surface area contributed by atoms with E-state index in [-0.39, 0.29) is 13.2 Å². The van der Waals surface area contributed by atoms with Crippen molar-refractivity contribution in [1.29, 1.82) is 0 Å². The summed E-state index contributed by atoms with van der Waals surface area (Å²) in [5, 5.41) is 19.4. The van der Waals surface area contributed by atoms with Gasteiger partial charge in [0.2, 0.25) is 5.89 Å². The van der Waals surface area contributed by atoms with Crippen LogP contribution >= 0.6 is 11.3 Å². The number of aromatic nitrogens is 2. The van der Waals surface area contributed by atoms with Gasteiger partial charge in [-0.1, -0.05) is 38.0 Å². The molecule has 31 heavy (non-hydrogen) atoms. The van der Waals surface area contributed by atoms with Gasteiger partial charge in [-0.2, -0.15) is 0 Å². The number of ether oxygens (including phenoxy) is 1. The second-order valence-electron chi connectivity index (χ2n) is 7.07. The van der Waals surface area contributed by atoms with Gasteiger partial charge in [0.05, 0.1) is 13.2 Å². The molecule has 7 nitrogen and oxygen atoms in total. The van der Waals surface area contributed by atoms with Crippen LogP contribution in [0.2, 0.25) is 0 Å². The van der Waals surface area contributed by atoms with E-state index in [1.54, 1.807) is 29.5 Å². The van der Waals surface area contributed by atoms with E-state index in [9.17, 15) is 0 Å². The van der Waals surface area contributed by atoms with Crippen molar-refractivity contribution in [2.24, 2.45) is 0 Å². The van der Waals surface area contributed by atoms with Gasteiger partial charge in [-0.05, 0) is 31.1 Å². The van der Waals surface area contributed by atoms with Crippen molar-refractivity contribution >= 4 is 39.7 Å². The zero-order chi connectivity index (χ0) is 22.1. The molecule has 0 saturated carbocycles. The molecule has 8 heteroatoms. The summed E-state index contributed by atoms with van der Waals surface area (Å²) in [7, 11) is 0. The molecule has 1 fully saturated rings. The molecule has 0 unspecified atom stereocenters. The van der Waals surface area contributed by atoms with Gasteiger partial charge < -0.3 is 24.3 Å². The number of hydrogen-bond donors (Lipinski definition) is 2. The molecule has 0 spiro atoms. The SMILES string of the molecule is CC.OCC(CO)Oc1ccc2nc(/C=C/c3cnc(N4CCCCCC4)s3)oc2c1. The molecule has 168 valence electrons. The van der Waals surface area contributed by atoms with Crippen LogP contribution in [0.1, 0.15) is 50.3 Å². The number of aliphatic hydroxyl groups excluding tert-OH is 2. The zero-order valence-corrected chi connectivity index (χ0v) is 19.0. The number of aliphatic hydroxyl groups is 2. The molecule has 2 N–H and O–H groups in total. The Balaban J connectivity index is 0.00000132. The standard InChI is InChI=1S/C21H25N3O4S.C2H6/c25-13-16(14-26)27-15-5-7-18-19(11-15)28-20(23-18)8-6-17-12-22-21(29-17)24-9-3-1-2-4-10-24;1-2/h5-8,11-12,16,25-26H,1-4,9-10,13-14H2;1-2H3/b8-6+;. The number of fused-ring (bicyclic) bond motifs is 1. The molecule has 0 bridgehead atoms. The third-order valence-electron chi connectivity index (χ3n) is 4.86. The predicted molar refractivity (Wildman–Crippen MR) is 126 cm³/mol. The van der Waals surface area contributed by atoms with Gasteiger partial charge >= 0.3 is 0 Å². The van der Waals surface area contributed by atoms with E-state index < -0.39 is 6.10 Å². The second kappa shape index (κ2) is 11.8. The van der Waals surface area contributed by atoms with E-state index in [1.807, 2.05) is 32.2 Å². The normalized spacial score (nSPS) is 14.7. The van der Waals surface area contributed by atoms with Crippen LogP contribution in [0.4, 0.5) is 5.13 Å². The average Bonchev–Trinajstić information content (AvgIpc) is 3.35. The van der Waals surface area contributed by atoms with E-state index in [1.165, 1.54) is 25.7 Å². The molecule has 1 aliphatic heterocycles. The third-order valence-corrected chi connectivity index (χ3v) is 5.89. The number of nitrogens with zero attached hydrogens (tertiary/aromatic N) is 3. The van der Waals surface area contributed by atoms with Gasteiger partial charge in [0.1, 0.15) is 17.4 Å². The summed E-state index contributed by atoms with van der Waals surface area (Å²) < 4.78 is 11.3. The Morgan fingerprint density at radius 1 is 1.13 bits per heavy atom. The smallest absolute Gasteiger partial charge is 0.220 e. The highest BCUT2D eigenvalue weighted by molar-refractivity contribution is 7.16. The van der Waals surface area contributed by atoms with E-state index >= 15 is 0 Å². The van der Waals surface area contributed by atoms with Crippen LogP contribution in [-0.2, 0) is 0 Å². The lowest BCUT2D eigenvalue weighted by molar-refractivity contribution is 0.0630. The first-order valence-electron chi connectivity index (χ1n) is 10.9. The van der Waals surface area contributed by atoms with Gasteiger partial charge in [-0.15, -0.1) is 0 Å². The molecule has 1 aliphatic rings. The first kappa shape index (κ1) is 23.2. The van der Waals surface area contributed by atoms with Crippen LogP contribution < -0.4 is 9.64 Å². The van der Waals surface area contributed by atoms with Crippen molar-refractivity contribution in [1.82, 2.24) is 9.97 Å². The van der Waals surface area contributed by atoms with E-state index in [4.69, 9.17) is 19.4 Å². The number of oxazole rings is 1. The van der Waals surface area contributed by atoms with Gasteiger partial charge in [0.25, 0.3) is 0 Å². The van der Waals surface area contributed by atoms with Crippen molar-refractivity contribution in [3.8, 4) is 5.75 Å². The number of anilines is 1. The van der Waals surface area contributed by atoms with Crippen LogP contribution in [-0.4, -0.2) is 52.6 Å². The Labute approximate surface area is 187 Å². The number of benzene rings is 1. The lowest BCUT2D eigenvalue weighted by Gasteiger charge is -2.18. The molecule has 4 rings (SSSR count). The van der Waals surface area contributed by atoms with Crippen molar-refractivity contribution in [2.75, 3.05) is 31.2 Å². The Bertz CT molecular complexity index is 957. The van der Waals surface area contributed by atoms with Crippen LogP contribution in [0.15, 0.2) is 28.8 Å². The lowest BCUT2D eigenvalue weighted by Crippen LogP contribution is -2.25. The Kier molecular flexibility index (Phi) is 8.87. The van der Waals surface area contributed by atoms with Crippen molar-refractivity contribution in [2.45, 2.75) is 45.6 Å². The van der Waals surface area contributed by atoms with Crippen LogP contribution in [0.25, 0.3) is 23.3 Å². The first-order valence-corrected chi connectivity index (χ1v) is 11.7. The van der Waals surface area contributed by atoms with Crippen LogP contribution in [0.5, 0.6) is 5.75 Å². The number of rotatable bonds is 7. The first-order chi connectivity index (χ1) is 15.2. The Morgan fingerprint density at radius 2 is 1.87 bits per heavy atom. The summed E-state index contributed by atoms with van der Waals surface area (Å²) in [5.41, 5.74) is 1.31. The molecule has 0 amide bonds.